The van der Waals surface area contributed by atoms with Crippen molar-refractivity contribution in [3.63, 3.8) is 0 Å². The van der Waals surface area contributed by atoms with Crippen LogP contribution in [0.1, 0.15) is 53.4 Å². The molecule has 1 aliphatic carbocycles. The predicted molar refractivity (Wildman–Crippen MR) is 65.9 cm³/mol. The largest absolute Gasteiger partial charge is 0.444 e. The first kappa shape index (κ1) is 14.0. The van der Waals surface area contributed by atoms with Crippen LogP contribution in [0.25, 0.3) is 0 Å². The van der Waals surface area contributed by atoms with Crippen LogP contribution in [0.4, 0.5) is 4.79 Å². The summed E-state index contributed by atoms with van der Waals surface area (Å²) in [7, 11) is 0. The molecular formula is C13H23NO3. The van der Waals surface area contributed by atoms with Crippen LogP contribution in [0.3, 0.4) is 0 Å². The maximum atomic E-state index is 12.1. The lowest BCUT2D eigenvalue weighted by atomic mass is 10.1. The summed E-state index contributed by atoms with van der Waals surface area (Å²) in [5, 5.41) is 0. The molecule has 1 atom stereocenters. The maximum Gasteiger partial charge on any atom is 0.411 e. The smallest absolute Gasteiger partial charge is 0.411 e. The van der Waals surface area contributed by atoms with Crippen LogP contribution >= 0.6 is 0 Å². The van der Waals surface area contributed by atoms with Crippen molar-refractivity contribution in [1.29, 1.82) is 0 Å². The van der Waals surface area contributed by atoms with E-state index in [4.69, 9.17) is 4.74 Å². The van der Waals surface area contributed by atoms with E-state index in [1.54, 1.807) is 4.90 Å². The Balaban J connectivity index is 2.70. The molecular weight excluding hydrogens is 218 g/mol. The third-order valence-corrected chi connectivity index (χ3v) is 2.64. The summed E-state index contributed by atoms with van der Waals surface area (Å²) in [4.78, 5) is 24.8. The molecule has 1 amide bonds. The summed E-state index contributed by atoms with van der Waals surface area (Å²) >= 11 is 0. The van der Waals surface area contributed by atoms with E-state index in [1.165, 1.54) is 0 Å². The van der Waals surface area contributed by atoms with E-state index in [0.717, 1.165) is 25.5 Å². The van der Waals surface area contributed by atoms with Crippen molar-refractivity contribution in [3.05, 3.63) is 0 Å². The third kappa shape index (κ3) is 4.36. The zero-order valence-corrected chi connectivity index (χ0v) is 11.2. The number of carbonyl (C=O) groups excluding carboxylic acids is 2. The molecule has 0 aromatic carbocycles. The summed E-state index contributed by atoms with van der Waals surface area (Å²) in [5.74, 6) is 0. The highest BCUT2D eigenvalue weighted by molar-refractivity contribution is 5.74. The van der Waals surface area contributed by atoms with Gasteiger partial charge in [-0.15, -0.1) is 0 Å². The molecule has 1 aliphatic rings. The number of rotatable bonds is 5. The zero-order valence-electron chi connectivity index (χ0n) is 11.2. The van der Waals surface area contributed by atoms with Crippen LogP contribution in [-0.2, 0) is 9.53 Å². The Hall–Kier alpha value is -1.06. The standard InChI is InChI=1S/C13H23NO3/c1-5-6-11(9-15)14(10-7-8-10)12(16)17-13(2,3)4/h9-11H,5-8H2,1-4H3. The molecule has 4 heteroatoms. The van der Waals surface area contributed by atoms with Crippen LogP contribution in [0.15, 0.2) is 0 Å². The van der Waals surface area contributed by atoms with Gasteiger partial charge in [0, 0.05) is 6.04 Å². The molecule has 0 N–H and O–H groups in total. The highest BCUT2D eigenvalue weighted by Crippen LogP contribution is 2.30. The number of hydrogen-bond acceptors (Lipinski definition) is 3. The topological polar surface area (TPSA) is 46.6 Å². The first-order valence-corrected chi connectivity index (χ1v) is 6.35. The van der Waals surface area contributed by atoms with Gasteiger partial charge < -0.3 is 9.53 Å². The van der Waals surface area contributed by atoms with Crippen LogP contribution in [0, 0.1) is 0 Å². The first-order valence-electron chi connectivity index (χ1n) is 6.35. The van der Waals surface area contributed by atoms with E-state index in [1.807, 2.05) is 27.7 Å². The minimum absolute atomic E-state index is 0.201. The fraction of sp³-hybridized carbons (Fsp3) is 0.846. The average Bonchev–Trinajstić information content (AvgIpc) is 2.98. The Kier molecular flexibility index (Phi) is 4.54. The number of carbonyl (C=O) groups is 2. The normalized spacial score (nSPS) is 17.4. The van der Waals surface area contributed by atoms with Crippen LogP contribution in [0.2, 0.25) is 0 Å². The minimum atomic E-state index is -0.510. The molecule has 98 valence electrons. The van der Waals surface area contributed by atoms with Gasteiger partial charge in [-0.3, -0.25) is 4.90 Å². The molecule has 0 spiro atoms. The molecule has 1 rings (SSSR count). The molecule has 1 unspecified atom stereocenters. The molecule has 0 aromatic rings. The molecule has 17 heavy (non-hydrogen) atoms. The van der Waals surface area contributed by atoms with E-state index in [0.29, 0.717) is 6.42 Å². The molecule has 1 fully saturated rings. The van der Waals surface area contributed by atoms with Gasteiger partial charge >= 0.3 is 6.09 Å². The monoisotopic (exact) mass is 241 g/mol. The molecule has 4 nitrogen and oxygen atoms in total. The number of ether oxygens (including phenoxy) is 1. The minimum Gasteiger partial charge on any atom is -0.444 e. The van der Waals surface area contributed by atoms with Crippen LogP contribution in [-0.4, -0.2) is 35.0 Å². The Morgan fingerprint density at radius 1 is 1.47 bits per heavy atom. The van der Waals surface area contributed by atoms with Gasteiger partial charge in [0.2, 0.25) is 0 Å². The van der Waals surface area contributed by atoms with Crippen molar-refractivity contribution in [2.24, 2.45) is 0 Å². The van der Waals surface area contributed by atoms with Crippen molar-refractivity contribution in [1.82, 2.24) is 4.90 Å². The lowest BCUT2D eigenvalue weighted by molar-refractivity contribution is -0.113. The van der Waals surface area contributed by atoms with Crippen LogP contribution < -0.4 is 0 Å². The zero-order chi connectivity index (χ0) is 13.1. The fourth-order valence-corrected chi connectivity index (χ4v) is 1.79. The second-order valence-corrected chi connectivity index (χ2v) is 5.61. The Morgan fingerprint density at radius 2 is 2.06 bits per heavy atom. The van der Waals surface area contributed by atoms with Crippen LogP contribution in [0.5, 0.6) is 0 Å². The molecule has 0 heterocycles. The van der Waals surface area contributed by atoms with E-state index in [-0.39, 0.29) is 18.2 Å². The lowest BCUT2D eigenvalue weighted by Crippen LogP contribution is -2.45. The summed E-state index contributed by atoms with van der Waals surface area (Å²) in [6.45, 7) is 7.53. The van der Waals surface area contributed by atoms with Gasteiger partial charge in [0.1, 0.15) is 11.9 Å². The van der Waals surface area contributed by atoms with Gasteiger partial charge in [-0.2, -0.15) is 0 Å². The van der Waals surface area contributed by atoms with E-state index < -0.39 is 5.60 Å². The molecule has 0 aliphatic heterocycles. The molecule has 0 aromatic heterocycles. The second kappa shape index (κ2) is 5.52. The molecule has 0 radical (unpaired) electrons. The van der Waals surface area contributed by atoms with E-state index in [9.17, 15) is 9.59 Å². The van der Waals surface area contributed by atoms with Crippen molar-refractivity contribution < 1.29 is 14.3 Å². The van der Waals surface area contributed by atoms with Gasteiger partial charge in [0.05, 0.1) is 6.04 Å². The van der Waals surface area contributed by atoms with E-state index >= 15 is 0 Å². The highest BCUT2D eigenvalue weighted by Gasteiger charge is 2.39. The first-order chi connectivity index (χ1) is 7.89. The van der Waals surface area contributed by atoms with Crippen molar-refractivity contribution >= 4 is 12.4 Å². The number of nitrogens with zero attached hydrogens (tertiary/aromatic N) is 1. The Morgan fingerprint density at radius 3 is 2.41 bits per heavy atom. The Labute approximate surface area is 103 Å². The maximum absolute atomic E-state index is 12.1. The summed E-state index contributed by atoms with van der Waals surface area (Å²) < 4.78 is 5.36. The lowest BCUT2D eigenvalue weighted by Gasteiger charge is -2.31. The highest BCUT2D eigenvalue weighted by atomic mass is 16.6. The van der Waals surface area contributed by atoms with Crippen molar-refractivity contribution in [2.45, 2.75) is 71.1 Å². The van der Waals surface area contributed by atoms with Crippen molar-refractivity contribution in [2.75, 3.05) is 0 Å². The fourth-order valence-electron chi connectivity index (χ4n) is 1.79. The summed E-state index contributed by atoms with van der Waals surface area (Å²) in [6.07, 6.45) is 4.06. The number of aldehydes is 1. The molecule has 0 saturated heterocycles. The SMILES string of the molecule is CCCC(C=O)N(C(=O)OC(C)(C)C)C1CC1. The quantitative estimate of drug-likeness (QED) is 0.695. The van der Waals surface area contributed by atoms with Gasteiger partial charge in [-0.25, -0.2) is 4.79 Å². The van der Waals surface area contributed by atoms with Gasteiger partial charge in [-0.05, 0) is 40.0 Å². The van der Waals surface area contributed by atoms with E-state index in [2.05, 4.69) is 0 Å². The summed E-state index contributed by atoms with van der Waals surface area (Å²) in [5.41, 5.74) is -0.510. The predicted octanol–water partition coefficient (Wildman–Crippen LogP) is 2.75. The molecule has 0 bridgehead atoms. The second-order valence-electron chi connectivity index (χ2n) is 5.61. The average molecular weight is 241 g/mol. The summed E-state index contributed by atoms with van der Waals surface area (Å²) in [6, 6.07) is -0.131. The molecule has 1 saturated carbocycles. The van der Waals surface area contributed by atoms with Gasteiger partial charge in [-0.1, -0.05) is 13.3 Å². The van der Waals surface area contributed by atoms with Gasteiger partial charge in [0.15, 0.2) is 0 Å². The number of hydrogen-bond donors (Lipinski definition) is 0. The van der Waals surface area contributed by atoms with Gasteiger partial charge in [0.25, 0.3) is 0 Å². The third-order valence-electron chi connectivity index (χ3n) is 2.64. The Bertz CT molecular complexity index is 279. The van der Waals surface area contributed by atoms with Crippen molar-refractivity contribution in [3.8, 4) is 0 Å². The number of amides is 1.